The molecule has 0 aliphatic heterocycles. The number of H-pyrrole nitrogens is 1. The largest absolute Gasteiger partial charge is 0.250 e. The minimum Gasteiger partial charge on any atom is -0.206 e. The van der Waals surface area contributed by atoms with Crippen LogP contribution in [0.3, 0.4) is 0 Å². The first-order chi connectivity index (χ1) is 7.99. The van der Waals surface area contributed by atoms with Crippen LogP contribution in [0.25, 0.3) is 0 Å². The summed E-state index contributed by atoms with van der Waals surface area (Å²) in [5.74, 6) is 0.271. The first kappa shape index (κ1) is 12.4. The monoisotopic (exact) mass is 293 g/mol. The molecule has 2 rings (SSSR count). The number of thiophene rings is 1. The van der Waals surface area contributed by atoms with Crippen LogP contribution < -0.4 is 4.72 Å². The summed E-state index contributed by atoms with van der Waals surface area (Å²) in [6, 6.07) is 1.52. The summed E-state index contributed by atoms with van der Waals surface area (Å²) in [4.78, 5) is 0. The summed E-state index contributed by atoms with van der Waals surface area (Å²) < 4.78 is 26.7. The van der Waals surface area contributed by atoms with Crippen molar-refractivity contribution < 1.29 is 8.42 Å². The molecule has 2 heterocycles. The van der Waals surface area contributed by atoms with Gasteiger partial charge < -0.3 is 0 Å². The van der Waals surface area contributed by atoms with Gasteiger partial charge in [0.25, 0.3) is 10.0 Å². The molecule has 7 nitrogen and oxygen atoms in total. The van der Waals surface area contributed by atoms with Crippen molar-refractivity contribution >= 4 is 33.0 Å². The Kier molecular flexibility index (Phi) is 3.43. The molecule has 2 aromatic heterocycles. The number of aromatic amines is 1. The van der Waals surface area contributed by atoms with E-state index in [2.05, 4.69) is 25.3 Å². The van der Waals surface area contributed by atoms with Gasteiger partial charge in [-0.3, -0.25) is 0 Å². The van der Waals surface area contributed by atoms with Crippen molar-refractivity contribution in [2.45, 2.75) is 17.7 Å². The zero-order chi connectivity index (χ0) is 12.5. The first-order valence-corrected chi connectivity index (χ1v) is 7.15. The summed E-state index contributed by atoms with van der Waals surface area (Å²) in [7, 11) is -3.58. The molecule has 0 radical (unpaired) electrons. The Labute approximate surface area is 106 Å². The molecule has 0 saturated carbocycles. The fourth-order valence-corrected chi connectivity index (χ4v) is 3.78. The van der Waals surface area contributed by atoms with Crippen LogP contribution in [0, 0.1) is 6.92 Å². The van der Waals surface area contributed by atoms with Crippen LogP contribution in [-0.2, 0) is 16.6 Å². The lowest BCUT2D eigenvalue weighted by Crippen LogP contribution is -2.23. The number of sulfonamides is 1. The maximum atomic E-state index is 11.8. The Hall–Kier alpha value is -1.03. The van der Waals surface area contributed by atoms with Gasteiger partial charge in [0, 0.05) is 0 Å². The maximum Gasteiger partial charge on any atom is 0.250 e. The van der Waals surface area contributed by atoms with Crippen molar-refractivity contribution in [3.05, 3.63) is 21.8 Å². The lowest BCUT2D eigenvalue weighted by atomic mass is 10.4. The summed E-state index contributed by atoms with van der Waals surface area (Å²) in [6.07, 6.45) is 0. The van der Waals surface area contributed by atoms with Gasteiger partial charge >= 0.3 is 0 Å². The molecule has 0 saturated heterocycles. The normalized spacial score (nSPS) is 11.9. The second-order valence-electron chi connectivity index (χ2n) is 3.17. The van der Waals surface area contributed by atoms with Crippen molar-refractivity contribution in [1.82, 2.24) is 25.3 Å². The number of nitrogens with one attached hydrogen (secondary N) is 2. The van der Waals surface area contributed by atoms with Gasteiger partial charge in [-0.2, -0.15) is 5.21 Å². The number of hydrogen-bond donors (Lipinski definition) is 2. The molecule has 2 N–H and O–H groups in total. The van der Waals surface area contributed by atoms with Crippen molar-refractivity contribution in [1.29, 1.82) is 0 Å². The minimum atomic E-state index is -3.58. The molecule has 92 valence electrons. The molecule has 17 heavy (non-hydrogen) atoms. The van der Waals surface area contributed by atoms with Crippen LogP contribution in [0.4, 0.5) is 0 Å². The number of tetrazole rings is 1. The number of aryl methyl sites for hydroxylation is 1. The van der Waals surface area contributed by atoms with Crippen LogP contribution in [0.15, 0.2) is 10.3 Å². The molecule has 0 fully saturated rings. The molecule has 0 aliphatic carbocycles. The molecule has 0 bridgehead atoms. The molecule has 0 aromatic carbocycles. The summed E-state index contributed by atoms with van der Waals surface area (Å²) >= 11 is 6.83. The molecular formula is C7H8ClN5O2S2. The van der Waals surface area contributed by atoms with Gasteiger partial charge in [-0.25, -0.2) is 13.1 Å². The van der Waals surface area contributed by atoms with Crippen molar-refractivity contribution in [2.75, 3.05) is 0 Å². The standard InChI is InChI=1S/C7H8ClN5O2S2/c1-4-2-6(16-7(4)8)17(14,15)9-3-5-10-12-13-11-5/h2,9H,3H2,1H3,(H,10,11,12,13). The summed E-state index contributed by atoms with van der Waals surface area (Å²) in [5, 5.41) is 12.8. The van der Waals surface area contributed by atoms with Gasteiger partial charge in [-0.15, -0.1) is 21.5 Å². The predicted molar refractivity (Wildman–Crippen MR) is 62.3 cm³/mol. The Bertz CT molecular complexity index is 587. The highest BCUT2D eigenvalue weighted by Crippen LogP contribution is 2.29. The molecule has 10 heteroatoms. The number of aromatic nitrogens is 4. The van der Waals surface area contributed by atoms with Crippen molar-refractivity contribution in [2.24, 2.45) is 0 Å². The van der Waals surface area contributed by atoms with E-state index in [4.69, 9.17) is 11.6 Å². The molecule has 0 unspecified atom stereocenters. The summed E-state index contributed by atoms with van der Waals surface area (Å²) in [6.45, 7) is 1.73. The second kappa shape index (κ2) is 4.69. The van der Waals surface area contributed by atoms with Gasteiger partial charge in [-0.1, -0.05) is 16.8 Å². The number of rotatable bonds is 4. The molecule has 0 spiro atoms. The second-order valence-corrected chi connectivity index (χ2v) is 6.82. The molecule has 0 amide bonds. The van der Waals surface area contributed by atoms with Crippen LogP contribution in [0.1, 0.15) is 11.4 Å². The fraction of sp³-hybridized carbons (Fsp3) is 0.286. The van der Waals surface area contributed by atoms with Gasteiger partial charge in [0.1, 0.15) is 4.21 Å². The van der Waals surface area contributed by atoms with E-state index in [1.807, 2.05) is 0 Å². The highest BCUT2D eigenvalue weighted by Gasteiger charge is 2.18. The quantitative estimate of drug-likeness (QED) is 0.864. The van der Waals surface area contributed by atoms with Gasteiger partial charge in [0.2, 0.25) is 0 Å². The van der Waals surface area contributed by atoms with E-state index in [1.165, 1.54) is 6.07 Å². The smallest absolute Gasteiger partial charge is 0.206 e. The lowest BCUT2D eigenvalue weighted by molar-refractivity contribution is 0.581. The van der Waals surface area contributed by atoms with E-state index >= 15 is 0 Å². The van der Waals surface area contributed by atoms with Gasteiger partial charge in [-0.05, 0) is 18.6 Å². The zero-order valence-corrected chi connectivity index (χ0v) is 11.0. The van der Waals surface area contributed by atoms with Crippen molar-refractivity contribution in [3.63, 3.8) is 0 Å². The van der Waals surface area contributed by atoms with E-state index in [0.717, 1.165) is 16.9 Å². The number of nitrogens with zero attached hydrogens (tertiary/aromatic N) is 3. The molecular weight excluding hydrogens is 286 g/mol. The Morgan fingerprint density at radius 1 is 1.59 bits per heavy atom. The maximum absolute atomic E-state index is 11.8. The Morgan fingerprint density at radius 3 is 2.88 bits per heavy atom. The minimum absolute atomic E-state index is 0.0204. The van der Waals surface area contributed by atoms with E-state index < -0.39 is 10.0 Å². The lowest BCUT2D eigenvalue weighted by Gasteiger charge is -2.00. The Balaban J connectivity index is 2.14. The fourth-order valence-electron chi connectivity index (χ4n) is 1.05. The molecule has 0 aliphatic rings. The highest BCUT2D eigenvalue weighted by atomic mass is 35.5. The third-order valence-electron chi connectivity index (χ3n) is 1.91. The third kappa shape index (κ3) is 2.80. The first-order valence-electron chi connectivity index (χ1n) is 4.47. The zero-order valence-electron chi connectivity index (χ0n) is 8.64. The number of hydrogen-bond acceptors (Lipinski definition) is 6. The van der Waals surface area contributed by atoms with Crippen molar-refractivity contribution in [3.8, 4) is 0 Å². The molecule has 0 atom stereocenters. The van der Waals surface area contributed by atoms with E-state index in [1.54, 1.807) is 6.92 Å². The average Bonchev–Trinajstić information content (AvgIpc) is 2.87. The van der Waals surface area contributed by atoms with Crippen LogP contribution >= 0.6 is 22.9 Å². The van der Waals surface area contributed by atoms with E-state index in [9.17, 15) is 8.42 Å². The number of halogens is 1. The van der Waals surface area contributed by atoms with E-state index in [-0.39, 0.29) is 16.6 Å². The molecule has 2 aromatic rings. The topological polar surface area (TPSA) is 101 Å². The highest BCUT2D eigenvalue weighted by molar-refractivity contribution is 7.91. The van der Waals surface area contributed by atoms with Gasteiger partial charge in [0.15, 0.2) is 5.82 Å². The predicted octanol–water partition coefficient (Wildman–Crippen LogP) is 0.702. The van der Waals surface area contributed by atoms with Gasteiger partial charge in [0.05, 0.1) is 10.9 Å². The van der Waals surface area contributed by atoms with Crippen LogP contribution in [0.2, 0.25) is 4.34 Å². The van der Waals surface area contributed by atoms with E-state index in [0.29, 0.717) is 4.34 Å². The van der Waals surface area contributed by atoms with Crippen LogP contribution in [-0.4, -0.2) is 29.0 Å². The SMILES string of the molecule is Cc1cc(S(=O)(=O)NCc2nn[nH]n2)sc1Cl. The van der Waals surface area contributed by atoms with Crippen LogP contribution in [0.5, 0.6) is 0 Å². The third-order valence-corrected chi connectivity index (χ3v) is 5.34. The Morgan fingerprint density at radius 2 is 2.35 bits per heavy atom. The average molecular weight is 294 g/mol. The summed E-state index contributed by atoms with van der Waals surface area (Å²) in [5.41, 5.74) is 0.733.